The molecule has 2 fully saturated rings. The molecule has 0 aromatic heterocycles. The third-order valence-electron chi connectivity index (χ3n) is 8.85. The van der Waals surface area contributed by atoms with Gasteiger partial charge >= 0.3 is 0 Å². The Morgan fingerprint density at radius 3 is 2.23 bits per heavy atom. The molecule has 6 heteroatoms. The molecule has 0 bridgehead atoms. The normalized spacial score (nSPS) is 18.1. The van der Waals surface area contributed by atoms with Gasteiger partial charge in [-0.15, -0.1) is 0 Å². The zero-order valence-corrected chi connectivity index (χ0v) is 24.5. The van der Waals surface area contributed by atoms with E-state index >= 15 is 0 Å². The Kier molecular flexibility index (Phi) is 9.92. The second-order valence-corrected chi connectivity index (χ2v) is 11.8. The number of carbonyl (C=O) groups is 1. The molecule has 0 spiro atoms. The van der Waals surface area contributed by atoms with Crippen LogP contribution in [0.2, 0.25) is 5.02 Å². The molecule has 2 aliphatic rings. The fourth-order valence-electron chi connectivity index (χ4n) is 6.32. The number of hydrogen-bond acceptors (Lipinski definition) is 4. The molecule has 2 aliphatic heterocycles. The summed E-state index contributed by atoms with van der Waals surface area (Å²) >= 11 is 6.36. The molecule has 3 aromatic carbocycles. The number of piperidine rings is 1. The summed E-state index contributed by atoms with van der Waals surface area (Å²) in [5.74, 6) is 0.391. The van der Waals surface area contributed by atoms with Crippen LogP contribution in [0.5, 0.6) is 0 Å². The third-order valence-corrected chi connectivity index (χ3v) is 9.09. The molecule has 0 radical (unpaired) electrons. The van der Waals surface area contributed by atoms with Gasteiger partial charge < -0.3 is 15.5 Å². The standard InChI is InChI=1S/C34H43ClN4O/c1-2-26-8-6-7-11-30(26)25-38-20-22-39(23-21-38)34(40)33(36)28-14-17-37(18-15-28)19-16-29-24-31(35)12-13-32(29)27-9-4-3-5-10-27/h3-13,24,28,33H,2,14-23,25,36H2,1H3/t33-/m1/s1. The Morgan fingerprint density at radius 1 is 0.850 bits per heavy atom. The van der Waals surface area contributed by atoms with Crippen molar-refractivity contribution in [2.75, 3.05) is 45.8 Å². The van der Waals surface area contributed by atoms with E-state index < -0.39 is 6.04 Å². The number of aryl methyl sites for hydroxylation is 1. The highest BCUT2D eigenvalue weighted by Crippen LogP contribution is 2.28. The summed E-state index contributed by atoms with van der Waals surface area (Å²) in [6.07, 6.45) is 3.95. The lowest BCUT2D eigenvalue weighted by Gasteiger charge is -2.39. The van der Waals surface area contributed by atoms with Crippen LogP contribution in [-0.2, 0) is 24.2 Å². The molecule has 5 nitrogen and oxygen atoms in total. The van der Waals surface area contributed by atoms with E-state index in [0.717, 1.165) is 83.1 Å². The van der Waals surface area contributed by atoms with Crippen molar-refractivity contribution in [2.45, 2.75) is 45.2 Å². The number of nitrogens with zero attached hydrogens (tertiary/aromatic N) is 3. The fourth-order valence-corrected chi connectivity index (χ4v) is 6.51. The molecule has 1 atom stereocenters. The van der Waals surface area contributed by atoms with Gasteiger partial charge in [0.15, 0.2) is 0 Å². The van der Waals surface area contributed by atoms with Gasteiger partial charge in [-0.05, 0) is 84.6 Å². The Bertz CT molecular complexity index is 1250. The summed E-state index contributed by atoms with van der Waals surface area (Å²) in [5.41, 5.74) is 13.2. The van der Waals surface area contributed by atoms with Crippen LogP contribution in [0.3, 0.4) is 0 Å². The first-order chi connectivity index (χ1) is 19.5. The van der Waals surface area contributed by atoms with Crippen molar-refractivity contribution in [2.24, 2.45) is 11.7 Å². The number of nitrogens with two attached hydrogens (primary N) is 1. The summed E-state index contributed by atoms with van der Waals surface area (Å²) in [4.78, 5) is 20.3. The number of benzene rings is 3. The maximum Gasteiger partial charge on any atom is 0.239 e. The van der Waals surface area contributed by atoms with Gasteiger partial charge in [0, 0.05) is 44.3 Å². The van der Waals surface area contributed by atoms with Gasteiger partial charge in [0.1, 0.15) is 0 Å². The van der Waals surface area contributed by atoms with E-state index in [0.29, 0.717) is 0 Å². The predicted molar refractivity (Wildman–Crippen MR) is 165 cm³/mol. The Hall–Kier alpha value is -2.70. The second kappa shape index (κ2) is 13.8. The van der Waals surface area contributed by atoms with Crippen LogP contribution in [0.25, 0.3) is 11.1 Å². The van der Waals surface area contributed by atoms with E-state index in [2.05, 4.69) is 77.4 Å². The van der Waals surface area contributed by atoms with Gasteiger partial charge in [-0.1, -0.05) is 79.2 Å². The molecule has 3 aromatic rings. The number of piperazine rings is 1. The van der Waals surface area contributed by atoms with Gasteiger partial charge in [0.05, 0.1) is 6.04 Å². The molecule has 0 saturated carbocycles. The fraction of sp³-hybridized carbons (Fsp3) is 0.441. The van der Waals surface area contributed by atoms with E-state index in [1.54, 1.807) is 0 Å². The molecular weight excluding hydrogens is 516 g/mol. The zero-order valence-electron chi connectivity index (χ0n) is 23.8. The Balaban J connectivity index is 1.08. The molecule has 5 rings (SSSR count). The van der Waals surface area contributed by atoms with Crippen molar-refractivity contribution in [3.05, 3.63) is 94.5 Å². The molecule has 0 aliphatic carbocycles. The van der Waals surface area contributed by atoms with Gasteiger partial charge in [0.25, 0.3) is 0 Å². The molecule has 0 unspecified atom stereocenters. The van der Waals surface area contributed by atoms with Gasteiger partial charge in [-0.25, -0.2) is 0 Å². The molecule has 40 heavy (non-hydrogen) atoms. The van der Waals surface area contributed by atoms with Crippen LogP contribution in [0.4, 0.5) is 0 Å². The maximum absolute atomic E-state index is 13.3. The molecule has 1 amide bonds. The van der Waals surface area contributed by atoms with Gasteiger partial charge in [0.2, 0.25) is 5.91 Å². The molecule has 2 N–H and O–H groups in total. The first-order valence-electron chi connectivity index (χ1n) is 14.9. The minimum absolute atomic E-state index is 0.137. The largest absolute Gasteiger partial charge is 0.339 e. The average Bonchev–Trinajstić information content (AvgIpc) is 3.01. The predicted octanol–water partition coefficient (Wildman–Crippen LogP) is 5.50. The molecular formula is C34H43ClN4O. The monoisotopic (exact) mass is 558 g/mol. The number of rotatable bonds is 9. The van der Waals surface area contributed by atoms with Crippen molar-refractivity contribution < 1.29 is 4.79 Å². The van der Waals surface area contributed by atoms with Crippen molar-refractivity contribution in [1.82, 2.24) is 14.7 Å². The van der Waals surface area contributed by atoms with E-state index in [-0.39, 0.29) is 11.8 Å². The highest BCUT2D eigenvalue weighted by atomic mass is 35.5. The lowest BCUT2D eigenvalue weighted by molar-refractivity contribution is -0.136. The number of carbonyl (C=O) groups excluding carboxylic acids is 1. The topological polar surface area (TPSA) is 52.8 Å². The van der Waals surface area contributed by atoms with Crippen molar-refractivity contribution in [3.8, 4) is 11.1 Å². The van der Waals surface area contributed by atoms with Crippen LogP contribution >= 0.6 is 11.6 Å². The summed E-state index contributed by atoms with van der Waals surface area (Å²) in [6, 6.07) is 25.0. The second-order valence-electron chi connectivity index (χ2n) is 11.3. The molecule has 212 valence electrons. The summed E-state index contributed by atoms with van der Waals surface area (Å²) < 4.78 is 0. The van der Waals surface area contributed by atoms with Crippen molar-refractivity contribution in [3.63, 3.8) is 0 Å². The smallest absolute Gasteiger partial charge is 0.239 e. The minimum Gasteiger partial charge on any atom is -0.339 e. The lowest BCUT2D eigenvalue weighted by atomic mass is 9.88. The number of likely N-dealkylation sites (tertiary alicyclic amines) is 1. The zero-order chi connectivity index (χ0) is 27.9. The quantitative estimate of drug-likeness (QED) is 0.377. The van der Waals surface area contributed by atoms with Crippen LogP contribution in [0.1, 0.15) is 36.5 Å². The van der Waals surface area contributed by atoms with Crippen LogP contribution in [0, 0.1) is 5.92 Å². The van der Waals surface area contributed by atoms with Crippen molar-refractivity contribution in [1.29, 1.82) is 0 Å². The van der Waals surface area contributed by atoms with Gasteiger partial charge in [-0.3, -0.25) is 9.69 Å². The van der Waals surface area contributed by atoms with Crippen LogP contribution in [0.15, 0.2) is 72.8 Å². The number of amides is 1. The first-order valence-corrected chi connectivity index (χ1v) is 15.3. The highest BCUT2D eigenvalue weighted by molar-refractivity contribution is 6.30. The Labute approximate surface area is 244 Å². The number of hydrogen-bond donors (Lipinski definition) is 1. The average molecular weight is 559 g/mol. The Morgan fingerprint density at radius 2 is 1.52 bits per heavy atom. The van der Waals surface area contributed by atoms with E-state index in [9.17, 15) is 4.79 Å². The van der Waals surface area contributed by atoms with E-state index in [1.165, 1.54) is 27.8 Å². The highest BCUT2D eigenvalue weighted by Gasteiger charge is 2.32. The lowest BCUT2D eigenvalue weighted by Crippen LogP contribution is -2.55. The minimum atomic E-state index is -0.396. The third kappa shape index (κ3) is 7.13. The maximum atomic E-state index is 13.3. The molecule has 2 saturated heterocycles. The summed E-state index contributed by atoms with van der Waals surface area (Å²) in [6.45, 7) is 9.47. The van der Waals surface area contributed by atoms with E-state index in [4.69, 9.17) is 17.3 Å². The first kappa shape index (κ1) is 28.8. The van der Waals surface area contributed by atoms with Crippen molar-refractivity contribution >= 4 is 17.5 Å². The van der Waals surface area contributed by atoms with Gasteiger partial charge in [-0.2, -0.15) is 0 Å². The summed E-state index contributed by atoms with van der Waals surface area (Å²) in [7, 11) is 0. The van der Waals surface area contributed by atoms with Crippen LogP contribution < -0.4 is 5.73 Å². The SMILES string of the molecule is CCc1ccccc1CN1CCN(C(=O)[C@H](N)C2CCN(CCc3cc(Cl)ccc3-c3ccccc3)CC2)CC1. The molecule has 2 heterocycles. The van der Waals surface area contributed by atoms with Crippen LogP contribution in [-0.4, -0.2) is 72.5 Å². The summed E-state index contributed by atoms with van der Waals surface area (Å²) in [5, 5.41) is 0.782. The number of halogens is 1. The van der Waals surface area contributed by atoms with E-state index in [1.807, 2.05) is 17.0 Å².